The molecule has 0 saturated heterocycles. The van der Waals surface area contributed by atoms with Crippen LogP contribution in [0, 0.1) is 5.82 Å². The Balaban J connectivity index is 2.68. The molecule has 0 fully saturated rings. The molecule has 0 aliphatic carbocycles. The van der Waals surface area contributed by atoms with Crippen molar-refractivity contribution < 1.29 is 27.2 Å². The highest BCUT2D eigenvalue weighted by atomic mass is 19.4. The van der Waals surface area contributed by atoms with Crippen molar-refractivity contribution in [1.29, 1.82) is 0 Å². The van der Waals surface area contributed by atoms with Crippen LogP contribution in [0.2, 0.25) is 0 Å². The number of alkyl halides is 3. The summed E-state index contributed by atoms with van der Waals surface area (Å²) in [4.78, 5) is 21.7. The monoisotopic (exact) mass is 264 g/mol. The van der Waals surface area contributed by atoms with Crippen LogP contribution in [-0.4, -0.2) is 17.9 Å². The van der Waals surface area contributed by atoms with Crippen LogP contribution >= 0.6 is 0 Å². The maximum atomic E-state index is 12.7. The van der Waals surface area contributed by atoms with Crippen molar-refractivity contribution in [2.45, 2.75) is 12.6 Å². The molecule has 1 amide bonds. The first kappa shape index (κ1) is 13.9. The Morgan fingerprint density at radius 1 is 1.28 bits per heavy atom. The quantitative estimate of drug-likeness (QED) is 0.497. The Labute approximate surface area is 98.8 Å². The third-order valence-corrected chi connectivity index (χ3v) is 1.92. The fourth-order valence-corrected chi connectivity index (χ4v) is 1.09. The van der Waals surface area contributed by atoms with Gasteiger partial charge in [0, 0.05) is 0 Å². The van der Waals surface area contributed by atoms with Crippen molar-refractivity contribution in [3.05, 3.63) is 24.0 Å². The second-order valence-corrected chi connectivity index (χ2v) is 3.38. The van der Waals surface area contributed by atoms with Gasteiger partial charge in [0.1, 0.15) is 5.82 Å². The lowest BCUT2D eigenvalue weighted by Gasteiger charge is -2.08. The van der Waals surface area contributed by atoms with Gasteiger partial charge in [-0.25, -0.2) is 4.39 Å². The maximum absolute atomic E-state index is 12.7. The number of carbonyl (C=O) groups is 2. The third-order valence-electron chi connectivity index (χ3n) is 1.92. The van der Waals surface area contributed by atoms with E-state index in [4.69, 9.17) is 5.73 Å². The number of nitrogens with one attached hydrogen (secondary N) is 1. The van der Waals surface area contributed by atoms with E-state index in [0.717, 1.165) is 18.2 Å². The molecule has 1 aromatic carbocycles. The van der Waals surface area contributed by atoms with Crippen molar-refractivity contribution in [1.82, 2.24) is 0 Å². The highest BCUT2D eigenvalue weighted by Crippen LogP contribution is 2.21. The zero-order chi connectivity index (χ0) is 13.9. The number of nitrogens with two attached hydrogens (primary N) is 1. The van der Waals surface area contributed by atoms with Gasteiger partial charge in [-0.3, -0.25) is 9.59 Å². The smallest absolute Gasteiger partial charge is 0.397 e. The summed E-state index contributed by atoms with van der Waals surface area (Å²) in [6.45, 7) is 0. The van der Waals surface area contributed by atoms with Crippen molar-refractivity contribution in [2.24, 2.45) is 0 Å². The average molecular weight is 264 g/mol. The lowest BCUT2D eigenvalue weighted by molar-refractivity contribution is -0.171. The molecule has 98 valence electrons. The standard InChI is InChI=1S/C10H8F4N2O2/c11-5-1-2-7(6(15)3-5)16-9(18)4-8(17)10(12,13)14/h1-3H,4,15H2,(H,16,18). The molecule has 0 aliphatic heterocycles. The van der Waals surface area contributed by atoms with Gasteiger partial charge in [-0.05, 0) is 18.2 Å². The van der Waals surface area contributed by atoms with E-state index >= 15 is 0 Å². The molecule has 0 aliphatic rings. The summed E-state index contributed by atoms with van der Waals surface area (Å²) in [5.74, 6) is -3.99. The number of Topliss-reactive ketones (excluding diaryl/α,β-unsaturated/α-hetero) is 1. The van der Waals surface area contributed by atoms with E-state index in [2.05, 4.69) is 0 Å². The van der Waals surface area contributed by atoms with Crippen molar-refractivity contribution >= 4 is 23.1 Å². The molecular weight excluding hydrogens is 256 g/mol. The van der Waals surface area contributed by atoms with Gasteiger partial charge in [-0.1, -0.05) is 0 Å². The second kappa shape index (κ2) is 5.03. The molecule has 1 aromatic rings. The second-order valence-electron chi connectivity index (χ2n) is 3.38. The molecule has 8 heteroatoms. The average Bonchev–Trinajstić information content (AvgIpc) is 2.20. The van der Waals surface area contributed by atoms with Crippen molar-refractivity contribution in [3.63, 3.8) is 0 Å². The Morgan fingerprint density at radius 2 is 1.89 bits per heavy atom. The van der Waals surface area contributed by atoms with E-state index in [-0.39, 0.29) is 11.4 Å². The molecule has 1 rings (SSSR count). The predicted molar refractivity (Wildman–Crippen MR) is 55.1 cm³/mol. The highest BCUT2D eigenvalue weighted by molar-refractivity contribution is 6.07. The SMILES string of the molecule is Nc1cc(F)ccc1NC(=O)CC(=O)C(F)(F)F. The number of hydrogen-bond acceptors (Lipinski definition) is 3. The molecule has 0 bridgehead atoms. The first-order chi connectivity index (χ1) is 8.20. The van der Waals surface area contributed by atoms with Gasteiger partial charge in [-0.2, -0.15) is 13.2 Å². The van der Waals surface area contributed by atoms with Crippen LogP contribution in [0.15, 0.2) is 18.2 Å². The molecule has 0 aromatic heterocycles. The van der Waals surface area contributed by atoms with Crippen LogP contribution in [0.5, 0.6) is 0 Å². The number of ketones is 1. The Morgan fingerprint density at radius 3 is 2.39 bits per heavy atom. The van der Waals surface area contributed by atoms with E-state index in [1.807, 2.05) is 5.32 Å². The lowest BCUT2D eigenvalue weighted by atomic mass is 10.2. The van der Waals surface area contributed by atoms with Crippen LogP contribution < -0.4 is 11.1 Å². The molecular formula is C10H8F4N2O2. The molecule has 0 heterocycles. The fraction of sp³-hybridized carbons (Fsp3) is 0.200. The number of nitrogen functional groups attached to an aromatic ring is 1. The molecule has 0 saturated carbocycles. The maximum Gasteiger partial charge on any atom is 0.450 e. The van der Waals surface area contributed by atoms with Crippen LogP contribution in [0.25, 0.3) is 0 Å². The summed E-state index contributed by atoms with van der Waals surface area (Å²) in [5.41, 5.74) is 5.12. The summed E-state index contributed by atoms with van der Waals surface area (Å²) >= 11 is 0. The number of hydrogen-bond donors (Lipinski definition) is 2. The molecule has 4 nitrogen and oxygen atoms in total. The molecule has 18 heavy (non-hydrogen) atoms. The number of amides is 1. The summed E-state index contributed by atoms with van der Waals surface area (Å²) in [7, 11) is 0. The third kappa shape index (κ3) is 3.72. The van der Waals surface area contributed by atoms with Crippen molar-refractivity contribution in [2.75, 3.05) is 11.1 Å². The van der Waals surface area contributed by atoms with Crippen LogP contribution in [0.3, 0.4) is 0 Å². The summed E-state index contributed by atoms with van der Waals surface area (Å²) in [6, 6.07) is 2.94. The van der Waals surface area contributed by atoms with Gasteiger partial charge in [0.25, 0.3) is 0 Å². The van der Waals surface area contributed by atoms with E-state index in [9.17, 15) is 27.2 Å². The Bertz CT molecular complexity index is 485. The van der Waals surface area contributed by atoms with Gasteiger partial charge in [0.2, 0.25) is 11.7 Å². The Hall–Kier alpha value is -2.12. The highest BCUT2D eigenvalue weighted by Gasteiger charge is 2.39. The minimum absolute atomic E-state index is 0.0589. The van der Waals surface area contributed by atoms with Crippen molar-refractivity contribution in [3.8, 4) is 0 Å². The number of halogens is 4. The van der Waals surface area contributed by atoms with Crippen LogP contribution in [0.1, 0.15) is 6.42 Å². The van der Waals surface area contributed by atoms with E-state index in [1.165, 1.54) is 0 Å². The number of benzene rings is 1. The molecule has 0 radical (unpaired) electrons. The van der Waals surface area contributed by atoms with Gasteiger partial charge < -0.3 is 11.1 Å². The largest absolute Gasteiger partial charge is 0.450 e. The predicted octanol–water partition coefficient (Wildman–Crippen LogP) is 1.87. The van der Waals surface area contributed by atoms with Crippen LogP contribution in [0.4, 0.5) is 28.9 Å². The molecule has 0 spiro atoms. The number of rotatable bonds is 3. The summed E-state index contributed by atoms with van der Waals surface area (Å²) in [6.07, 6.45) is -6.41. The summed E-state index contributed by atoms with van der Waals surface area (Å²) < 4.78 is 48.3. The van der Waals surface area contributed by atoms with E-state index < -0.39 is 30.1 Å². The molecule has 0 atom stereocenters. The summed E-state index contributed by atoms with van der Waals surface area (Å²) in [5, 5.41) is 1.99. The topological polar surface area (TPSA) is 72.2 Å². The number of anilines is 2. The normalized spacial score (nSPS) is 11.1. The molecule has 0 unspecified atom stereocenters. The Kier molecular flexibility index (Phi) is 3.89. The van der Waals surface area contributed by atoms with E-state index in [1.54, 1.807) is 0 Å². The van der Waals surface area contributed by atoms with E-state index in [0.29, 0.717) is 0 Å². The van der Waals surface area contributed by atoms with Gasteiger partial charge in [-0.15, -0.1) is 0 Å². The first-order valence-electron chi connectivity index (χ1n) is 4.65. The first-order valence-corrected chi connectivity index (χ1v) is 4.65. The molecule has 3 N–H and O–H groups in total. The minimum atomic E-state index is -5.06. The van der Waals surface area contributed by atoms with Crippen LogP contribution in [-0.2, 0) is 9.59 Å². The van der Waals surface area contributed by atoms with Gasteiger partial charge in [0.15, 0.2) is 0 Å². The van der Waals surface area contributed by atoms with Gasteiger partial charge in [0.05, 0.1) is 17.8 Å². The fourth-order valence-electron chi connectivity index (χ4n) is 1.09. The lowest BCUT2D eigenvalue weighted by Crippen LogP contribution is -2.28. The zero-order valence-corrected chi connectivity index (χ0v) is 8.84. The minimum Gasteiger partial charge on any atom is -0.397 e. The zero-order valence-electron chi connectivity index (χ0n) is 8.84. The number of carbonyl (C=O) groups excluding carboxylic acids is 2. The van der Waals surface area contributed by atoms with Gasteiger partial charge >= 0.3 is 6.18 Å².